The van der Waals surface area contributed by atoms with E-state index in [1.54, 1.807) is 56.5 Å². The highest BCUT2D eigenvalue weighted by Crippen LogP contribution is 2.38. The SMILES string of the molecule is CCCC1=C(C(=O)OCC)[C@@H](c2cc(Br)ccc2OC)n2c(s/c(=C/c3ccc(-c4cc(Cl)ccc4Cl)o3)c2=O)=N1. The van der Waals surface area contributed by atoms with E-state index in [0.717, 1.165) is 10.9 Å². The Hall–Kier alpha value is -3.11. The van der Waals surface area contributed by atoms with Crippen LogP contribution in [0.2, 0.25) is 10.0 Å². The van der Waals surface area contributed by atoms with Crippen LogP contribution in [0.5, 0.6) is 5.75 Å². The van der Waals surface area contributed by atoms with E-state index in [4.69, 9.17) is 42.1 Å². The molecule has 212 valence electrons. The lowest BCUT2D eigenvalue weighted by molar-refractivity contribution is -0.139. The Kier molecular flexibility index (Phi) is 8.89. The maximum absolute atomic E-state index is 14.0. The standard InChI is InChI=1S/C30H25BrCl2N2O5S/c1-4-6-22-26(29(37)39-5-2)27(20-13-16(31)7-11-23(20)38-3)35-28(36)25(41-30(35)34-22)15-18-9-12-24(40-18)19-14-17(32)8-10-21(19)33/h7-15,27H,4-6H2,1-3H3/b25-15+/t27-/m1/s1. The molecule has 0 unspecified atom stereocenters. The average molecular weight is 676 g/mol. The zero-order chi connectivity index (χ0) is 29.3. The van der Waals surface area contributed by atoms with Crippen LogP contribution in [0.1, 0.15) is 44.1 Å². The summed E-state index contributed by atoms with van der Waals surface area (Å²) in [6.07, 6.45) is 2.95. The highest BCUT2D eigenvalue weighted by atomic mass is 79.9. The van der Waals surface area contributed by atoms with Gasteiger partial charge >= 0.3 is 5.97 Å². The van der Waals surface area contributed by atoms with Crippen molar-refractivity contribution < 1.29 is 18.7 Å². The van der Waals surface area contributed by atoms with Crippen LogP contribution in [0.15, 0.2) is 78.5 Å². The van der Waals surface area contributed by atoms with Gasteiger partial charge < -0.3 is 13.9 Å². The molecule has 4 aromatic rings. The Balaban J connectivity index is 1.72. The minimum atomic E-state index is -0.807. The third-order valence-electron chi connectivity index (χ3n) is 6.47. The zero-order valence-corrected chi connectivity index (χ0v) is 26.3. The van der Waals surface area contributed by atoms with Crippen molar-refractivity contribution in [2.75, 3.05) is 13.7 Å². The molecule has 0 amide bonds. The van der Waals surface area contributed by atoms with Gasteiger partial charge in [-0.25, -0.2) is 9.79 Å². The third-order valence-corrected chi connectivity index (χ3v) is 8.51. The molecule has 1 aliphatic heterocycles. The number of esters is 1. The van der Waals surface area contributed by atoms with Crippen molar-refractivity contribution in [3.8, 4) is 17.1 Å². The number of hydrogen-bond acceptors (Lipinski definition) is 7. The van der Waals surface area contributed by atoms with Crippen LogP contribution < -0.4 is 19.6 Å². The van der Waals surface area contributed by atoms with E-state index in [2.05, 4.69) is 15.9 Å². The first-order chi connectivity index (χ1) is 19.7. The fourth-order valence-corrected chi connectivity index (χ4v) is 6.49. The van der Waals surface area contributed by atoms with Crippen LogP contribution >= 0.6 is 50.5 Å². The van der Waals surface area contributed by atoms with Crippen LogP contribution in [-0.2, 0) is 9.53 Å². The number of nitrogens with zero attached hydrogens (tertiary/aromatic N) is 2. The first-order valence-electron chi connectivity index (χ1n) is 12.9. The molecule has 0 saturated heterocycles. The summed E-state index contributed by atoms with van der Waals surface area (Å²) < 4.78 is 19.9. The third kappa shape index (κ3) is 5.81. The second kappa shape index (κ2) is 12.4. The van der Waals surface area contributed by atoms with E-state index in [1.807, 2.05) is 19.1 Å². The number of ether oxygens (including phenoxy) is 2. The van der Waals surface area contributed by atoms with Crippen LogP contribution in [0.25, 0.3) is 17.4 Å². The Morgan fingerprint density at radius 2 is 1.98 bits per heavy atom. The molecule has 7 nitrogen and oxygen atoms in total. The Labute approximate surface area is 258 Å². The van der Waals surface area contributed by atoms with Gasteiger partial charge in [-0.1, -0.05) is 63.8 Å². The lowest BCUT2D eigenvalue weighted by atomic mass is 9.93. The van der Waals surface area contributed by atoms with Gasteiger partial charge in [0.05, 0.1) is 34.5 Å². The minimum Gasteiger partial charge on any atom is -0.496 e. The molecule has 0 radical (unpaired) electrons. The second-order valence-corrected chi connectivity index (χ2v) is 11.9. The van der Waals surface area contributed by atoms with E-state index >= 15 is 0 Å². The van der Waals surface area contributed by atoms with Crippen molar-refractivity contribution in [1.82, 2.24) is 4.57 Å². The molecule has 5 rings (SSSR count). The Morgan fingerprint density at radius 1 is 1.17 bits per heavy atom. The molecule has 41 heavy (non-hydrogen) atoms. The van der Waals surface area contributed by atoms with Gasteiger partial charge in [-0.2, -0.15) is 0 Å². The summed E-state index contributed by atoms with van der Waals surface area (Å²) in [4.78, 5) is 32.7. The minimum absolute atomic E-state index is 0.186. The largest absolute Gasteiger partial charge is 0.496 e. The molecule has 1 aliphatic rings. The first kappa shape index (κ1) is 29.4. The molecular weight excluding hydrogens is 651 g/mol. The summed E-state index contributed by atoms with van der Waals surface area (Å²) in [5.41, 5.74) is 1.86. The molecule has 0 spiro atoms. The fourth-order valence-electron chi connectivity index (χ4n) is 4.72. The molecule has 1 atom stereocenters. The monoisotopic (exact) mass is 674 g/mol. The van der Waals surface area contributed by atoms with Crippen LogP contribution in [0.4, 0.5) is 0 Å². The summed E-state index contributed by atoms with van der Waals surface area (Å²) in [5.74, 6) is 0.982. The number of rotatable bonds is 8. The van der Waals surface area contributed by atoms with Gasteiger partial charge in [-0.3, -0.25) is 9.36 Å². The summed E-state index contributed by atoms with van der Waals surface area (Å²) in [7, 11) is 1.55. The van der Waals surface area contributed by atoms with E-state index in [1.165, 1.54) is 15.9 Å². The van der Waals surface area contributed by atoms with Gasteiger partial charge in [0.25, 0.3) is 5.56 Å². The van der Waals surface area contributed by atoms with Crippen molar-refractivity contribution in [2.24, 2.45) is 4.99 Å². The van der Waals surface area contributed by atoms with E-state index in [-0.39, 0.29) is 12.2 Å². The molecule has 0 aliphatic carbocycles. The lowest BCUT2D eigenvalue weighted by Crippen LogP contribution is -2.40. The number of furan rings is 1. The number of halogens is 3. The molecule has 0 saturated carbocycles. The van der Waals surface area contributed by atoms with E-state index < -0.39 is 12.0 Å². The normalized spacial score (nSPS) is 15.1. The summed E-state index contributed by atoms with van der Waals surface area (Å²) >= 11 is 17.3. The van der Waals surface area contributed by atoms with Gasteiger partial charge in [-0.05, 0) is 61.9 Å². The maximum atomic E-state index is 14.0. The number of carbonyl (C=O) groups is 1. The molecule has 3 heterocycles. The summed E-state index contributed by atoms with van der Waals surface area (Å²) in [6, 6.07) is 13.3. The number of methoxy groups -OCH3 is 1. The molecule has 0 fully saturated rings. The van der Waals surface area contributed by atoms with Gasteiger partial charge in [-0.15, -0.1) is 0 Å². The Bertz CT molecular complexity index is 1860. The zero-order valence-electron chi connectivity index (χ0n) is 22.4. The number of fused-ring (bicyclic) bond motifs is 1. The molecular formula is C30H25BrCl2N2O5S. The quantitative estimate of drug-likeness (QED) is 0.190. The predicted molar refractivity (Wildman–Crippen MR) is 164 cm³/mol. The van der Waals surface area contributed by atoms with Gasteiger partial charge in [0, 0.05) is 26.7 Å². The smallest absolute Gasteiger partial charge is 0.338 e. The van der Waals surface area contributed by atoms with Crippen LogP contribution in [0.3, 0.4) is 0 Å². The van der Waals surface area contributed by atoms with Crippen molar-refractivity contribution in [3.63, 3.8) is 0 Å². The molecule has 0 N–H and O–H groups in total. The number of benzene rings is 2. The molecule has 0 bridgehead atoms. The summed E-state index contributed by atoms with van der Waals surface area (Å²) in [5, 5.41) is 1.02. The highest BCUT2D eigenvalue weighted by Gasteiger charge is 2.36. The maximum Gasteiger partial charge on any atom is 0.338 e. The molecule has 2 aromatic carbocycles. The van der Waals surface area contributed by atoms with Gasteiger partial charge in [0.1, 0.15) is 23.3 Å². The number of aromatic nitrogens is 1. The molecule has 11 heteroatoms. The number of hydrogen-bond donors (Lipinski definition) is 0. The van der Waals surface area contributed by atoms with Crippen LogP contribution in [-0.4, -0.2) is 24.3 Å². The first-order valence-corrected chi connectivity index (χ1v) is 15.2. The summed E-state index contributed by atoms with van der Waals surface area (Å²) in [6.45, 7) is 3.94. The Morgan fingerprint density at radius 3 is 2.71 bits per heavy atom. The highest BCUT2D eigenvalue weighted by molar-refractivity contribution is 9.10. The van der Waals surface area contributed by atoms with Crippen molar-refractivity contribution in [1.29, 1.82) is 0 Å². The molecule has 2 aromatic heterocycles. The second-order valence-electron chi connectivity index (χ2n) is 9.13. The number of allylic oxidation sites excluding steroid dienone is 1. The average Bonchev–Trinajstić information content (AvgIpc) is 3.53. The van der Waals surface area contributed by atoms with E-state index in [9.17, 15) is 9.59 Å². The van der Waals surface area contributed by atoms with Crippen molar-refractivity contribution >= 4 is 62.5 Å². The van der Waals surface area contributed by atoms with Crippen molar-refractivity contribution in [2.45, 2.75) is 32.7 Å². The predicted octanol–water partition coefficient (Wildman–Crippen LogP) is 6.92. The van der Waals surface area contributed by atoms with Gasteiger partial charge in [0.2, 0.25) is 0 Å². The van der Waals surface area contributed by atoms with Crippen molar-refractivity contribution in [3.05, 3.63) is 105 Å². The van der Waals surface area contributed by atoms with Crippen LogP contribution in [0, 0.1) is 0 Å². The fraction of sp³-hybridized carbons (Fsp3) is 0.233. The number of thiazole rings is 1. The lowest BCUT2D eigenvalue weighted by Gasteiger charge is -2.27. The number of carbonyl (C=O) groups excluding carboxylic acids is 1. The van der Waals surface area contributed by atoms with E-state index in [0.29, 0.717) is 65.5 Å². The van der Waals surface area contributed by atoms with Gasteiger partial charge in [0.15, 0.2) is 4.80 Å². The topological polar surface area (TPSA) is 83.0 Å².